The zero-order valence-corrected chi connectivity index (χ0v) is 11.4. The fourth-order valence-electron chi connectivity index (χ4n) is 1.27. The van der Waals surface area contributed by atoms with Crippen molar-refractivity contribution in [2.45, 2.75) is 26.8 Å². The van der Waals surface area contributed by atoms with Crippen molar-refractivity contribution in [2.75, 3.05) is 5.75 Å². The van der Waals surface area contributed by atoms with Crippen LogP contribution in [0.15, 0.2) is 15.6 Å². The van der Waals surface area contributed by atoms with Crippen LogP contribution in [0.5, 0.6) is 0 Å². The van der Waals surface area contributed by atoms with Gasteiger partial charge in [0.1, 0.15) is 4.47 Å². The first-order chi connectivity index (χ1) is 7.10. The molecule has 0 amide bonds. The van der Waals surface area contributed by atoms with Gasteiger partial charge in [-0.3, -0.25) is 9.36 Å². The molecule has 0 aliphatic heterocycles. The third-order valence-corrected chi connectivity index (χ3v) is 3.88. The molecular weight excluding hydrogens is 276 g/mol. The Hall–Kier alpha value is -0.290. The molecule has 0 radical (unpaired) electrons. The topological polar surface area (TPSA) is 34.9 Å². The molecule has 0 fully saturated rings. The van der Waals surface area contributed by atoms with Crippen molar-refractivity contribution < 1.29 is 0 Å². The number of thiol groups is 1. The Labute approximate surface area is 103 Å². The minimum atomic E-state index is -0.0114. The Kier molecular flexibility index (Phi) is 4.86. The average Bonchev–Trinajstić information content (AvgIpc) is 2.25. The van der Waals surface area contributed by atoms with Gasteiger partial charge in [-0.15, -0.1) is 0 Å². The van der Waals surface area contributed by atoms with E-state index >= 15 is 0 Å². The van der Waals surface area contributed by atoms with Gasteiger partial charge in [0.15, 0.2) is 0 Å². The number of aromatic nitrogens is 2. The summed E-state index contributed by atoms with van der Waals surface area (Å²) in [7, 11) is 0. The molecule has 0 aliphatic carbocycles. The van der Waals surface area contributed by atoms with Crippen LogP contribution in [0, 0.1) is 12.8 Å². The molecule has 1 aromatic heterocycles. The van der Waals surface area contributed by atoms with Crippen LogP contribution in [0.2, 0.25) is 0 Å². The van der Waals surface area contributed by atoms with E-state index in [4.69, 9.17) is 0 Å². The molecule has 1 heterocycles. The van der Waals surface area contributed by atoms with Crippen LogP contribution in [0.3, 0.4) is 0 Å². The lowest BCUT2D eigenvalue weighted by molar-refractivity contribution is 0.462. The lowest BCUT2D eigenvalue weighted by Gasteiger charge is -2.13. The highest BCUT2D eigenvalue weighted by Crippen LogP contribution is 2.10. The highest BCUT2D eigenvalue weighted by Gasteiger charge is 2.09. The molecular formula is C10H15BrN2OS. The fraction of sp³-hybridized carbons (Fsp3) is 0.600. The monoisotopic (exact) mass is 290 g/mol. The quantitative estimate of drug-likeness (QED) is 0.864. The second-order valence-corrected chi connectivity index (χ2v) is 4.72. The van der Waals surface area contributed by atoms with E-state index < -0.39 is 0 Å². The maximum absolute atomic E-state index is 11.8. The third-order valence-electron chi connectivity index (χ3n) is 2.45. The highest BCUT2D eigenvalue weighted by atomic mass is 79.9. The summed E-state index contributed by atoms with van der Waals surface area (Å²) in [5.41, 5.74) is 0.720. The van der Waals surface area contributed by atoms with E-state index in [2.05, 4.69) is 40.5 Å². The van der Waals surface area contributed by atoms with Crippen LogP contribution in [-0.4, -0.2) is 15.3 Å². The van der Waals surface area contributed by atoms with Gasteiger partial charge >= 0.3 is 0 Å². The average molecular weight is 291 g/mol. The second kappa shape index (κ2) is 5.70. The van der Waals surface area contributed by atoms with Gasteiger partial charge < -0.3 is 0 Å². The molecule has 0 saturated heterocycles. The van der Waals surface area contributed by atoms with Crippen LogP contribution < -0.4 is 5.56 Å². The maximum atomic E-state index is 11.8. The number of rotatable bonds is 4. The highest BCUT2D eigenvalue weighted by molar-refractivity contribution is 9.10. The SMILES string of the molecule is CCC(CS)Cn1cnc(C)c(Br)c1=O. The molecule has 84 valence electrons. The van der Waals surface area contributed by atoms with E-state index in [1.54, 1.807) is 10.9 Å². The molecule has 0 saturated carbocycles. The molecule has 3 nitrogen and oxygen atoms in total. The molecule has 0 spiro atoms. The first kappa shape index (κ1) is 12.8. The van der Waals surface area contributed by atoms with Gasteiger partial charge in [0, 0.05) is 6.54 Å². The Morgan fingerprint density at radius 1 is 1.67 bits per heavy atom. The lowest BCUT2D eigenvalue weighted by atomic mass is 10.1. The molecule has 1 atom stereocenters. The summed E-state index contributed by atoms with van der Waals surface area (Å²) in [4.78, 5) is 16.0. The number of hydrogen-bond acceptors (Lipinski definition) is 3. The normalized spacial score (nSPS) is 12.8. The molecule has 5 heteroatoms. The van der Waals surface area contributed by atoms with Crippen molar-refractivity contribution in [3.05, 3.63) is 26.8 Å². The zero-order chi connectivity index (χ0) is 11.4. The van der Waals surface area contributed by atoms with Crippen LogP contribution in [0.4, 0.5) is 0 Å². The van der Waals surface area contributed by atoms with Gasteiger partial charge in [0.2, 0.25) is 0 Å². The first-order valence-electron chi connectivity index (χ1n) is 4.92. The fourth-order valence-corrected chi connectivity index (χ4v) is 1.97. The third kappa shape index (κ3) is 3.08. The second-order valence-electron chi connectivity index (χ2n) is 3.56. The van der Waals surface area contributed by atoms with E-state index in [-0.39, 0.29) is 5.56 Å². The van der Waals surface area contributed by atoms with E-state index in [1.807, 2.05) is 6.92 Å². The summed E-state index contributed by atoms with van der Waals surface area (Å²) < 4.78 is 2.19. The molecule has 0 N–H and O–H groups in total. The Balaban J connectivity index is 2.96. The van der Waals surface area contributed by atoms with Crippen LogP contribution in [-0.2, 0) is 6.54 Å². The summed E-state index contributed by atoms with van der Waals surface area (Å²) in [6, 6.07) is 0. The van der Waals surface area contributed by atoms with E-state index in [0.29, 0.717) is 16.9 Å². The minimum Gasteiger partial charge on any atom is -0.298 e. The Morgan fingerprint density at radius 3 is 2.87 bits per heavy atom. The minimum absolute atomic E-state index is 0.0114. The summed E-state index contributed by atoms with van der Waals surface area (Å²) in [5.74, 6) is 1.21. The number of nitrogens with zero attached hydrogens (tertiary/aromatic N) is 2. The Morgan fingerprint density at radius 2 is 2.33 bits per heavy atom. The number of halogens is 1. The van der Waals surface area contributed by atoms with Crippen LogP contribution in [0.25, 0.3) is 0 Å². The first-order valence-corrected chi connectivity index (χ1v) is 6.35. The van der Waals surface area contributed by atoms with Gasteiger partial charge in [-0.1, -0.05) is 13.3 Å². The van der Waals surface area contributed by atoms with Gasteiger partial charge in [-0.2, -0.15) is 12.6 Å². The molecule has 15 heavy (non-hydrogen) atoms. The predicted molar refractivity (Wildman–Crippen MR) is 68.6 cm³/mol. The Bertz CT molecular complexity index is 387. The van der Waals surface area contributed by atoms with Crippen molar-refractivity contribution in [3.8, 4) is 0 Å². The lowest BCUT2D eigenvalue weighted by Crippen LogP contribution is -2.26. The molecule has 1 aromatic rings. The van der Waals surface area contributed by atoms with Gasteiger partial charge in [0.25, 0.3) is 5.56 Å². The van der Waals surface area contributed by atoms with E-state index in [9.17, 15) is 4.79 Å². The van der Waals surface area contributed by atoms with Crippen LogP contribution >= 0.6 is 28.6 Å². The van der Waals surface area contributed by atoms with Crippen molar-refractivity contribution in [1.29, 1.82) is 0 Å². The van der Waals surface area contributed by atoms with Crippen LogP contribution in [0.1, 0.15) is 19.0 Å². The smallest absolute Gasteiger partial charge is 0.267 e. The molecule has 1 rings (SSSR count). The summed E-state index contributed by atoms with van der Waals surface area (Å²) >= 11 is 7.51. The molecule has 0 aliphatic rings. The molecule has 0 aromatic carbocycles. The predicted octanol–water partition coefficient (Wildman–Crippen LogP) is 2.27. The van der Waals surface area contributed by atoms with Crippen molar-refractivity contribution in [3.63, 3.8) is 0 Å². The molecule has 1 unspecified atom stereocenters. The largest absolute Gasteiger partial charge is 0.298 e. The van der Waals surface area contributed by atoms with Crippen molar-refractivity contribution in [2.24, 2.45) is 5.92 Å². The van der Waals surface area contributed by atoms with Crippen molar-refractivity contribution >= 4 is 28.6 Å². The van der Waals surface area contributed by atoms with Gasteiger partial charge in [-0.05, 0) is 34.5 Å². The van der Waals surface area contributed by atoms with E-state index in [1.165, 1.54) is 0 Å². The van der Waals surface area contributed by atoms with E-state index in [0.717, 1.165) is 17.9 Å². The zero-order valence-electron chi connectivity index (χ0n) is 8.90. The van der Waals surface area contributed by atoms with Crippen molar-refractivity contribution in [1.82, 2.24) is 9.55 Å². The summed E-state index contributed by atoms with van der Waals surface area (Å²) in [6.07, 6.45) is 2.62. The maximum Gasteiger partial charge on any atom is 0.267 e. The van der Waals surface area contributed by atoms with Gasteiger partial charge in [0.05, 0.1) is 12.0 Å². The standard InChI is InChI=1S/C10H15BrN2OS/c1-3-8(5-15)4-13-6-12-7(2)9(11)10(13)14/h6,8,15H,3-5H2,1-2H3. The van der Waals surface area contributed by atoms with Gasteiger partial charge in [-0.25, -0.2) is 4.98 Å². The number of hydrogen-bond donors (Lipinski definition) is 1. The summed E-state index contributed by atoms with van der Waals surface area (Å²) in [6.45, 7) is 4.60. The summed E-state index contributed by atoms with van der Waals surface area (Å²) in [5, 5.41) is 0. The number of aryl methyl sites for hydroxylation is 1. The molecule has 0 bridgehead atoms.